The molecule has 1 N–H and O–H groups in total. The molecule has 1 aliphatic heterocycles. The number of rotatable bonds is 7. The molecule has 3 heterocycles. The summed E-state index contributed by atoms with van der Waals surface area (Å²) in [6.07, 6.45) is 3.01. The van der Waals surface area contributed by atoms with Gasteiger partial charge in [0.1, 0.15) is 12.4 Å². The summed E-state index contributed by atoms with van der Waals surface area (Å²) in [5, 5.41) is 0. The SMILES string of the molecule is Cc1cccc(C)c1-c1cc2nc(n1)NS(=O)(=O)c1cccc(c1)C(=O)N(Cc1cccc(N(C)C(C)(C)C3CC3)n1)[C@H](CC(C)(C)C)CO2. The summed E-state index contributed by atoms with van der Waals surface area (Å²) in [4.78, 5) is 32.7. The second-order valence-corrected chi connectivity index (χ2v) is 17.1. The summed E-state index contributed by atoms with van der Waals surface area (Å²) in [6, 6.07) is 19.3. The van der Waals surface area contributed by atoms with E-state index in [-0.39, 0.29) is 52.3 Å². The lowest BCUT2D eigenvalue weighted by Gasteiger charge is -2.38. The summed E-state index contributed by atoms with van der Waals surface area (Å²) in [6.45, 7) is 15.2. The van der Waals surface area contributed by atoms with E-state index in [4.69, 9.17) is 9.72 Å². The fraction of sp³-hybridized carbons (Fsp3) is 0.436. The zero-order valence-electron chi connectivity index (χ0n) is 30.3. The molecule has 4 aromatic rings. The highest BCUT2D eigenvalue weighted by Gasteiger charge is 2.41. The molecule has 2 aliphatic rings. The summed E-state index contributed by atoms with van der Waals surface area (Å²) in [5.74, 6) is 1.24. The lowest BCUT2D eigenvalue weighted by atomic mass is 9.87. The Balaban J connectivity index is 1.46. The summed E-state index contributed by atoms with van der Waals surface area (Å²) >= 11 is 0. The number of benzene rings is 2. The number of carbonyl (C=O) groups excluding carboxylic acids is 1. The second-order valence-electron chi connectivity index (χ2n) is 15.5. The van der Waals surface area contributed by atoms with E-state index in [1.54, 1.807) is 23.1 Å². The number of hydrogen-bond acceptors (Lipinski definition) is 8. The number of amides is 1. The Morgan fingerprint density at radius 1 is 0.920 bits per heavy atom. The first-order valence-electron chi connectivity index (χ1n) is 17.2. The van der Waals surface area contributed by atoms with E-state index in [9.17, 15) is 13.2 Å². The quantitative estimate of drug-likeness (QED) is 0.212. The van der Waals surface area contributed by atoms with E-state index in [0.717, 1.165) is 28.2 Å². The Kier molecular flexibility index (Phi) is 9.41. The molecule has 0 spiro atoms. The molecule has 2 aromatic carbocycles. The maximum Gasteiger partial charge on any atom is 0.264 e. The molecule has 264 valence electrons. The number of nitrogens with one attached hydrogen (secondary N) is 1. The van der Waals surface area contributed by atoms with Crippen molar-refractivity contribution in [1.29, 1.82) is 0 Å². The van der Waals surface area contributed by atoms with Gasteiger partial charge in [0.2, 0.25) is 11.8 Å². The third kappa shape index (κ3) is 7.62. The number of pyridine rings is 1. The van der Waals surface area contributed by atoms with Crippen LogP contribution in [0, 0.1) is 25.2 Å². The summed E-state index contributed by atoms with van der Waals surface area (Å²) in [5.41, 5.74) is 4.11. The molecule has 1 aliphatic carbocycles. The Morgan fingerprint density at radius 2 is 1.60 bits per heavy atom. The lowest BCUT2D eigenvalue weighted by molar-refractivity contribution is 0.0509. The molecular formula is C39H48N6O4S. The van der Waals surface area contributed by atoms with Crippen molar-refractivity contribution < 1.29 is 17.9 Å². The van der Waals surface area contributed by atoms with Crippen LogP contribution >= 0.6 is 0 Å². The van der Waals surface area contributed by atoms with Gasteiger partial charge in [0.05, 0.1) is 28.9 Å². The molecule has 11 heteroatoms. The van der Waals surface area contributed by atoms with E-state index in [1.807, 2.05) is 50.2 Å². The first-order valence-corrected chi connectivity index (χ1v) is 18.7. The molecule has 1 saturated carbocycles. The first kappa shape index (κ1) is 35.3. The van der Waals surface area contributed by atoms with Crippen molar-refractivity contribution in [3.8, 4) is 17.1 Å². The van der Waals surface area contributed by atoms with Crippen LogP contribution in [0.5, 0.6) is 5.88 Å². The van der Waals surface area contributed by atoms with Gasteiger partial charge in [-0.2, -0.15) is 4.98 Å². The monoisotopic (exact) mass is 696 g/mol. The minimum absolute atomic E-state index is 0.0535. The fourth-order valence-corrected chi connectivity index (χ4v) is 7.81. The average molecular weight is 697 g/mol. The van der Waals surface area contributed by atoms with E-state index in [1.165, 1.54) is 25.0 Å². The molecule has 0 saturated heterocycles. The van der Waals surface area contributed by atoms with Crippen LogP contribution < -0.4 is 14.4 Å². The van der Waals surface area contributed by atoms with Crippen molar-refractivity contribution >= 4 is 27.7 Å². The van der Waals surface area contributed by atoms with Gasteiger partial charge in [-0.25, -0.2) is 23.1 Å². The average Bonchev–Trinajstić information content (AvgIpc) is 3.91. The van der Waals surface area contributed by atoms with Crippen LogP contribution in [0.1, 0.15) is 81.1 Å². The number of aromatic nitrogens is 3. The number of aryl methyl sites for hydroxylation is 2. The molecule has 4 bridgehead atoms. The van der Waals surface area contributed by atoms with Crippen molar-refractivity contribution in [1.82, 2.24) is 19.9 Å². The van der Waals surface area contributed by atoms with Crippen LogP contribution in [-0.4, -0.2) is 59.4 Å². The summed E-state index contributed by atoms with van der Waals surface area (Å²) < 4.78 is 36.5. The molecule has 0 unspecified atom stereocenters. The molecule has 6 rings (SSSR count). The van der Waals surface area contributed by atoms with Gasteiger partial charge in [-0.1, -0.05) is 51.1 Å². The van der Waals surface area contributed by atoms with Gasteiger partial charge in [0.25, 0.3) is 15.9 Å². The molecule has 50 heavy (non-hydrogen) atoms. The van der Waals surface area contributed by atoms with E-state index >= 15 is 0 Å². The maximum absolute atomic E-state index is 14.6. The van der Waals surface area contributed by atoms with Crippen LogP contribution in [-0.2, 0) is 16.6 Å². The Hall–Kier alpha value is -4.51. The number of hydrogen-bond donors (Lipinski definition) is 1. The van der Waals surface area contributed by atoms with Crippen LogP contribution in [0.25, 0.3) is 11.3 Å². The topological polar surface area (TPSA) is 118 Å². The lowest BCUT2D eigenvalue weighted by Crippen LogP contribution is -2.46. The van der Waals surface area contributed by atoms with Gasteiger partial charge in [-0.3, -0.25) is 4.79 Å². The highest BCUT2D eigenvalue weighted by Crippen LogP contribution is 2.43. The van der Waals surface area contributed by atoms with Gasteiger partial charge in [-0.15, -0.1) is 0 Å². The second kappa shape index (κ2) is 13.3. The van der Waals surface area contributed by atoms with Crippen molar-refractivity contribution in [3.63, 3.8) is 0 Å². The highest BCUT2D eigenvalue weighted by molar-refractivity contribution is 7.92. The third-order valence-electron chi connectivity index (χ3n) is 9.94. The normalized spacial score (nSPS) is 17.9. The van der Waals surface area contributed by atoms with Crippen molar-refractivity contribution in [2.24, 2.45) is 11.3 Å². The van der Waals surface area contributed by atoms with Crippen molar-refractivity contribution in [3.05, 3.63) is 89.1 Å². The molecular weight excluding hydrogens is 649 g/mol. The maximum atomic E-state index is 14.6. The molecule has 2 aromatic heterocycles. The Labute approximate surface area is 296 Å². The van der Waals surface area contributed by atoms with Crippen molar-refractivity contribution in [2.75, 3.05) is 23.3 Å². The van der Waals surface area contributed by atoms with E-state index in [2.05, 4.69) is 61.3 Å². The summed E-state index contributed by atoms with van der Waals surface area (Å²) in [7, 11) is -2.09. The van der Waals surface area contributed by atoms with Gasteiger partial charge >= 0.3 is 0 Å². The smallest absolute Gasteiger partial charge is 0.264 e. The van der Waals surface area contributed by atoms with Crippen LogP contribution in [0.2, 0.25) is 0 Å². The number of carbonyl (C=O) groups is 1. The Morgan fingerprint density at radius 3 is 2.28 bits per heavy atom. The van der Waals surface area contributed by atoms with E-state index in [0.29, 0.717) is 18.0 Å². The van der Waals surface area contributed by atoms with Gasteiger partial charge < -0.3 is 14.5 Å². The van der Waals surface area contributed by atoms with Crippen LogP contribution in [0.3, 0.4) is 0 Å². The van der Waals surface area contributed by atoms with Gasteiger partial charge in [-0.05, 0) is 99.7 Å². The minimum atomic E-state index is -4.17. The zero-order valence-corrected chi connectivity index (χ0v) is 31.1. The molecule has 1 amide bonds. The zero-order chi connectivity index (χ0) is 36.0. The number of ether oxygens (including phenoxy) is 1. The predicted molar refractivity (Wildman–Crippen MR) is 197 cm³/mol. The number of nitrogens with zero attached hydrogens (tertiary/aromatic N) is 5. The standard InChI is InChI=1S/C39H48N6O4S/c1-25-12-9-13-26(2)35(25)32-21-34-42-37(41-32)43-50(47,48)31-16-10-14-27(20-31)36(46)45(30(24-49-34)22-38(3,4)5)23-29-15-11-17-33(40-29)44(8)39(6,7)28-18-19-28/h9-17,20-21,28,30H,18-19,22-24H2,1-8H3,(H,41,42,43)/t30-/m1/s1. The number of fused-ring (bicyclic) bond motifs is 4. The first-order chi connectivity index (χ1) is 23.5. The molecule has 1 fully saturated rings. The third-order valence-corrected chi connectivity index (χ3v) is 11.3. The van der Waals surface area contributed by atoms with Crippen molar-refractivity contribution in [2.45, 2.75) is 90.7 Å². The number of sulfonamides is 1. The largest absolute Gasteiger partial charge is 0.475 e. The van der Waals surface area contributed by atoms with Crippen LogP contribution in [0.4, 0.5) is 11.8 Å². The van der Waals surface area contributed by atoms with E-state index < -0.39 is 16.1 Å². The molecule has 0 radical (unpaired) electrons. The van der Waals surface area contributed by atoms with Gasteiger partial charge in [0, 0.05) is 29.8 Å². The Bertz CT molecular complexity index is 2000. The fourth-order valence-electron chi connectivity index (χ4n) is 6.82. The molecule has 1 atom stereocenters. The minimum Gasteiger partial charge on any atom is -0.475 e. The van der Waals surface area contributed by atoms with Crippen LogP contribution in [0.15, 0.2) is 71.6 Å². The number of anilines is 2. The molecule has 10 nitrogen and oxygen atoms in total. The predicted octanol–water partition coefficient (Wildman–Crippen LogP) is 7.42. The highest BCUT2D eigenvalue weighted by atomic mass is 32.2. The van der Waals surface area contributed by atoms with Gasteiger partial charge in [0.15, 0.2) is 0 Å².